The molecule has 5 aliphatic rings. The van der Waals surface area contributed by atoms with E-state index >= 15 is 0 Å². The van der Waals surface area contributed by atoms with Gasteiger partial charge < -0.3 is 25.5 Å². The lowest BCUT2D eigenvalue weighted by Gasteiger charge is -2.37. The Morgan fingerprint density at radius 2 is 0.930 bits per heavy atom. The number of carbonyl (C=O) groups is 1. The lowest BCUT2D eigenvalue weighted by molar-refractivity contribution is 0.0696. The second-order valence-electron chi connectivity index (χ2n) is 14.3. The Bertz CT molecular complexity index is 2600. The largest absolute Gasteiger partial charge is 0.478 e. The molecule has 0 aliphatic heterocycles. The molecule has 5 aliphatic carbocycles. The lowest BCUT2D eigenvalue weighted by atomic mass is 9.73. The molecule has 57 heavy (non-hydrogen) atoms. The fourth-order valence-corrected chi connectivity index (χ4v) is 10.6. The van der Waals surface area contributed by atoms with E-state index in [4.69, 9.17) is 0 Å². The number of hydrogen-bond donors (Lipinski definition) is 9. The number of nitrogens with one attached hydrogen (secondary N) is 1. The average Bonchev–Trinajstić information content (AvgIpc) is 3.09. The molecule has 8 unspecified atom stereocenters. The minimum absolute atomic E-state index is 0.0456. The highest BCUT2D eigenvalue weighted by Gasteiger charge is 2.40. The smallest absolute Gasteiger partial charge is 0.335 e. The van der Waals surface area contributed by atoms with Crippen molar-refractivity contribution in [1.29, 1.82) is 0 Å². The Kier molecular flexibility index (Phi) is 11.4. The van der Waals surface area contributed by atoms with Gasteiger partial charge in [-0.25, -0.2) is 13.2 Å². The van der Waals surface area contributed by atoms with Gasteiger partial charge in [-0.1, -0.05) is 24.3 Å². The van der Waals surface area contributed by atoms with Gasteiger partial charge in [0.2, 0.25) is 0 Å². The summed E-state index contributed by atoms with van der Waals surface area (Å²) in [5.41, 5.74) is -0.824. The maximum absolute atomic E-state index is 13.5. The van der Waals surface area contributed by atoms with Gasteiger partial charge in [-0.2, -0.15) is 25.3 Å². The maximum Gasteiger partial charge on any atom is 0.335 e. The molecule has 0 heterocycles. The molecule has 1 fully saturated rings. The summed E-state index contributed by atoms with van der Waals surface area (Å²) in [4.78, 5) is 8.88. The number of aromatic carboxylic acids is 1. The molecule has 308 valence electrons. The molecular weight excluding hydrogens is 835 g/mol. The summed E-state index contributed by atoms with van der Waals surface area (Å²) in [5, 5.41) is 55.7. The van der Waals surface area contributed by atoms with Gasteiger partial charge >= 0.3 is 5.97 Å². The molecule has 9 N–H and O–H groups in total. The molecule has 8 atom stereocenters. The number of fused-ring (bicyclic) bond motifs is 8. The number of aliphatic hydroxyl groups excluding tert-OH is 4. The van der Waals surface area contributed by atoms with E-state index in [2.05, 4.69) is 4.72 Å². The number of sulfonamides is 1. The highest BCUT2D eigenvalue weighted by Crippen LogP contribution is 2.43. The number of hydrogen-bond acceptors (Lipinski definition) is 13. The predicted molar refractivity (Wildman–Crippen MR) is 199 cm³/mol. The summed E-state index contributed by atoms with van der Waals surface area (Å²) in [6, 6.07) is 4.17. The fourth-order valence-electron chi connectivity index (χ4n) is 7.65. The van der Waals surface area contributed by atoms with Crippen molar-refractivity contribution in [3.63, 3.8) is 0 Å². The van der Waals surface area contributed by atoms with Crippen LogP contribution in [-0.4, -0.2) is 103 Å². The molecule has 6 rings (SSSR count). The highest BCUT2D eigenvalue weighted by atomic mass is 32.2. The molecule has 1 saturated carbocycles. The van der Waals surface area contributed by atoms with Crippen LogP contribution in [0.25, 0.3) is 0 Å². The van der Waals surface area contributed by atoms with Crippen LogP contribution in [0.3, 0.4) is 0 Å². The number of carboxylic acids is 1. The van der Waals surface area contributed by atoms with Crippen molar-refractivity contribution in [2.75, 3.05) is 0 Å². The Balaban J connectivity index is 1.51. The van der Waals surface area contributed by atoms with Crippen molar-refractivity contribution >= 4 is 46.3 Å². The number of benzene rings is 1. The van der Waals surface area contributed by atoms with E-state index in [1.807, 2.05) is 0 Å². The highest BCUT2D eigenvalue weighted by molar-refractivity contribution is 7.90. The van der Waals surface area contributed by atoms with Crippen molar-refractivity contribution in [3.05, 3.63) is 121 Å². The molecule has 0 saturated heterocycles. The molecule has 8 bridgehead atoms. The van der Waals surface area contributed by atoms with Gasteiger partial charge in [0.05, 0.1) is 49.6 Å². The monoisotopic (exact) mass is 871 g/mol. The van der Waals surface area contributed by atoms with E-state index in [0.29, 0.717) is 0 Å². The van der Waals surface area contributed by atoms with Crippen LogP contribution in [0.2, 0.25) is 0 Å². The van der Waals surface area contributed by atoms with Crippen LogP contribution in [0, 0.1) is 23.7 Å². The molecule has 18 nitrogen and oxygen atoms in total. The standard InChI is InChI=1S/C35H37NO17S4/c37-31-18-5-20-11-28(55(45,46)47)13-22(32(20)38)7-24-15-30(57(51,52)53)16-25(34(24)40)8-23-14-29(56(48,49)50)12-21(33(23)39)6-19(31)10-26(9-18)36-54(43,44)27-3-1-17(2-4-27)35(41)42/h1-4,9-16,18,22-24,31-34,36-40H,5-8H2,(H,41,42)(H,45,46,47)(H,48,49,50)(H,51,52,53). The van der Waals surface area contributed by atoms with Crippen LogP contribution >= 0.6 is 0 Å². The first-order chi connectivity index (χ1) is 26.3. The summed E-state index contributed by atoms with van der Waals surface area (Å²) in [7, 11) is -19.4. The van der Waals surface area contributed by atoms with Crippen molar-refractivity contribution in [2.24, 2.45) is 23.7 Å². The summed E-state index contributed by atoms with van der Waals surface area (Å²) < 4.78 is 134. The third-order valence-corrected chi connectivity index (χ3v) is 14.4. The quantitative estimate of drug-likeness (QED) is 0.173. The van der Waals surface area contributed by atoms with Gasteiger partial charge in [0.15, 0.2) is 0 Å². The van der Waals surface area contributed by atoms with Crippen LogP contribution in [0.4, 0.5) is 0 Å². The number of allylic oxidation sites excluding steroid dienone is 4. The van der Waals surface area contributed by atoms with Crippen LogP contribution in [0.1, 0.15) is 36.0 Å². The second-order valence-corrected chi connectivity index (χ2v) is 20.3. The lowest BCUT2D eigenvalue weighted by Crippen LogP contribution is -2.37. The number of carboxylic acid groups (broad SMARTS) is 1. The Morgan fingerprint density at radius 3 is 1.37 bits per heavy atom. The Labute approximate surface area is 327 Å². The van der Waals surface area contributed by atoms with Gasteiger partial charge in [-0.15, -0.1) is 0 Å². The van der Waals surface area contributed by atoms with Gasteiger partial charge in [-0.3, -0.25) is 18.4 Å². The minimum Gasteiger partial charge on any atom is -0.478 e. The third kappa shape index (κ3) is 9.15. The van der Waals surface area contributed by atoms with Gasteiger partial charge in [0.25, 0.3) is 40.4 Å². The van der Waals surface area contributed by atoms with Crippen LogP contribution in [0.15, 0.2) is 120 Å². The topological polar surface area (TPSA) is 328 Å². The average molecular weight is 872 g/mol. The van der Waals surface area contributed by atoms with Crippen molar-refractivity contribution < 1.29 is 77.7 Å². The summed E-state index contributed by atoms with van der Waals surface area (Å²) in [6.45, 7) is 0. The Morgan fingerprint density at radius 1 is 0.544 bits per heavy atom. The molecule has 1 aromatic rings. The van der Waals surface area contributed by atoms with Gasteiger partial charge in [0, 0.05) is 29.4 Å². The summed E-state index contributed by atoms with van der Waals surface area (Å²) >= 11 is 0. The van der Waals surface area contributed by atoms with E-state index in [1.165, 1.54) is 12.2 Å². The molecular formula is C35H37NO17S4. The SMILES string of the molecule is O=C(O)c1ccc(S(=O)(=O)NC2=CC3CC4=CC(S(=O)(=O)O)=CC(CC5C=C(S(=O)(=O)O)C=C(CC6C=C(S(=O)(=O)O)C=C(CC(=C2)C3O)C6O)C5O)C4O)cc1. The normalized spacial score (nSPS) is 29.9. The van der Waals surface area contributed by atoms with Gasteiger partial charge in [0.1, 0.15) is 0 Å². The van der Waals surface area contributed by atoms with E-state index in [9.17, 15) is 77.7 Å². The van der Waals surface area contributed by atoms with E-state index in [-0.39, 0.29) is 38.4 Å². The maximum atomic E-state index is 13.5. The summed E-state index contributed by atoms with van der Waals surface area (Å²) in [5.74, 6) is -6.39. The van der Waals surface area contributed by atoms with E-state index < -0.39 is 135 Å². The van der Waals surface area contributed by atoms with E-state index in [0.717, 1.165) is 60.7 Å². The third-order valence-electron chi connectivity index (χ3n) is 10.4. The van der Waals surface area contributed by atoms with Crippen molar-refractivity contribution in [1.82, 2.24) is 4.72 Å². The number of aliphatic hydroxyl groups is 4. The predicted octanol–water partition coefficient (Wildman–Crippen LogP) is 1.10. The molecule has 0 amide bonds. The van der Waals surface area contributed by atoms with Crippen LogP contribution < -0.4 is 4.72 Å². The molecule has 1 aromatic carbocycles. The second kappa shape index (κ2) is 15.3. The Hall–Kier alpha value is -4.07. The molecule has 0 radical (unpaired) electrons. The molecule has 0 spiro atoms. The van der Waals surface area contributed by atoms with Crippen LogP contribution in [0.5, 0.6) is 0 Å². The number of rotatable bonds is 7. The first kappa shape index (κ1) is 42.5. The first-order valence-corrected chi connectivity index (χ1v) is 22.8. The minimum atomic E-state index is -4.98. The van der Waals surface area contributed by atoms with E-state index in [1.54, 1.807) is 0 Å². The van der Waals surface area contributed by atoms with Gasteiger partial charge in [-0.05, 0) is 96.5 Å². The zero-order valence-corrected chi connectivity index (χ0v) is 32.5. The zero-order chi connectivity index (χ0) is 42.0. The van der Waals surface area contributed by atoms with Crippen LogP contribution in [-0.2, 0) is 40.4 Å². The van der Waals surface area contributed by atoms with Crippen molar-refractivity contribution in [3.8, 4) is 0 Å². The fraction of sp³-hybridized carbons (Fsp3) is 0.343. The molecule has 0 aromatic heterocycles. The zero-order valence-electron chi connectivity index (χ0n) is 29.3. The molecule has 22 heteroatoms. The first-order valence-electron chi connectivity index (χ1n) is 17.0. The summed E-state index contributed by atoms with van der Waals surface area (Å²) in [6.07, 6.45) is -0.111. The van der Waals surface area contributed by atoms with Crippen molar-refractivity contribution in [2.45, 2.75) is 55.0 Å².